The Hall–Kier alpha value is -3.07. The number of carboxylic acids is 1. The number of benzene rings is 3. The molecule has 0 heterocycles. The summed E-state index contributed by atoms with van der Waals surface area (Å²) >= 11 is 0. The van der Waals surface area contributed by atoms with Crippen LogP contribution in [0.3, 0.4) is 0 Å². The van der Waals surface area contributed by atoms with Crippen molar-refractivity contribution < 1.29 is 14.6 Å². The lowest BCUT2D eigenvalue weighted by molar-refractivity contribution is 0.0692. The van der Waals surface area contributed by atoms with Crippen molar-refractivity contribution in [2.24, 2.45) is 0 Å². The number of hydrogen-bond acceptors (Lipinski definition) is 2. The van der Waals surface area contributed by atoms with Gasteiger partial charge in [0.05, 0.1) is 6.61 Å². The molecule has 4 rings (SSSR count). The zero-order chi connectivity index (χ0) is 17.2. The van der Waals surface area contributed by atoms with Crippen LogP contribution in [0.15, 0.2) is 72.8 Å². The lowest BCUT2D eigenvalue weighted by Gasteiger charge is -2.15. The topological polar surface area (TPSA) is 46.5 Å². The van der Waals surface area contributed by atoms with Crippen LogP contribution >= 0.6 is 0 Å². The molecule has 3 aromatic carbocycles. The number of ether oxygens (including phenoxy) is 1. The number of aromatic carboxylic acids is 1. The Morgan fingerprint density at radius 2 is 1.40 bits per heavy atom. The molecule has 0 aromatic heterocycles. The van der Waals surface area contributed by atoms with E-state index >= 15 is 0 Å². The van der Waals surface area contributed by atoms with Crippen LogP contribution in [-0.4, -0.2) is 17.7 Å². The van der Waals surface area contributed by atoms with Gasteiger partial charge in [-0.3, -0.25) is 0 Å². The fraction of sp³-hybridized carbons (Fsp3) is 0.136. The van der Waals surface area contributed by atoms with E-state index in [1.165, 1.54) is 22.3 Å². The largest absolute Gasteiger partial charge is 0.493 e. The molecule has 3 nitrogen and oxygen atoms in total. The molecule has 0 aliphatic heterocycles. The van der Waals surface area contributed by atoms with Gasteiger partial charge in [0.15, 0.2) is 0 Å². The van der Waals surface area contributed by atoms with E-state index < -0.39 is 5.97 Å². The van der Waals surface area contributed by atoms with Crippen molar-refractivity contribution in [1.29, 1.82) is 0 Å². The van der Waals surface area contributed by atoms with E-state index in [4.69, 9.17) is 4.74 Å². The number of rotatable bonds is 5. The molecule has 1 aliphatic rings. The highest BCUT2D eigenvalue weighted by molar-refractivity contribution is 5.90. The van der Waals surface area contributed by atoms with E-state index in [9.17, 15) is 9.90 Å². The second-order valence-electron chi connectivity index (χ2n) is 6.17. The summed E-state index contributed by atoms with van der Waals surface area (Å²) in [7, 11) is 0. The lowest BCUT2D eigenvalue weighted by Crippen LogP contribution is -2.08. The molecule has 0 radical (unpaired) electrons. The molecule has 25 heavy (non-hydrogen) atoms. The van der Waals surface area contributed by atoms with Crippen molar-refractivity contribution in [3.05, 3.63) is 89.5 Å². The molecule has 0 saturated carbocycles. The van der Waals surface area contributed by atoms with Crippen LogP contribution in [0, 0.1) is 0 Å². The molecule has 0 atom stereocenters. The van der Waals surface area contributed by atoms with Crippen LogP contribution in [0.25, 0.3) is 11.1 Å². The quantitative estimate of drug-likeness (QED) is 0.719. The summed E-state index contributed by atoms with van der Waals surface area (Å²) in [5, 5.41) is 9.26. The maximum Gasteiger partial charge on any atom is 0.339 e. The smallest absolute Gasteiger partial charge is 0.339 e. The Morgan fingerprint density at radius 1 is 0.840 bits per heavy atom. The van der Waals surface area contributed by atoms with Crippen LogP contribution in [-0.2, 0) is 0 Å². The molecule has 3 heteroatoms. The van der Waals surface area contributed by atoms with E-state index in [0.717, 1.165) is 6.42 Å². The first kappa shape index (κ1) is 15.5. The molecule has 0 amide bonds. The van der Waals surface area contributed by atoms with E-state index in [-0.39, 0.29) is 11.5 Å². The van der Waals surface area contributed by atoms with E-state index in [2.05, 4.69) is 48.5 Å². The molecular weight excluding hydrogens is 312 g/mol. The normalized spacial score (nSPS) is 12.5. The van der Waals surface area contributed by atoms with E-state index in [1.807, 2.05) is 0 Å². The Morgan fingerprint density at radius 3 is 2.04 bits per heavy atom. The third kappa shape index (κ3) is 2.78. The van der Waals surface area contributed by atoms with Crippen molar-refractivity contribution in [3.63, 3.8) is 0 Å². The Kier molecular flexibility index (Phi) is 3.98. The lowest BCUT2D eigenvalue weighted by atomic mass is 9.94. The molecule has 1 N–H and O–H groups in total. The summed E-state index contributed by atoms with van der Waals surface area (Å²) < 4.78 is 5.81. The molecule has 0 unspecified atom stereocenters. The van der Waals surface area contributed by atoms with Crippen LogP contribution in [0.1, 0.15) is 33.8 Å². The summed E-state index contributed by atoms with van der Waals surface area (Å²) in [5.41, 5.74) is 5.41. The maximum atomic E-state index is 11.3. The van der Waals surface area contributed by atoms with Crippen molar-refractivity contribution in [1.82, 2.24) is 0 Å². The molecule has 3 aromatic rings. The summed E-state index contributed by atoms with van der Waals surface area (Å²) in [6.45, 7) is 0.470. The highest BCUT2D eigenvalue weighted by atomic mass is 16.5. The van der Waals surface area contributed by atoms with E-state index in [1.54, 1.807) is 24.3 Å². The zero-order valence-electron chi connectivity index (χ0n) is 13.7. The monoisotopic (exact) mass is 330 g/mol. The maximum absolute atomic E-state index is 11.3. The minimum absolute atomic E-state index is 0.203. The minimum atomic E-state index is -0.966. The summed E-state index contributed by atoms with van der Waals surface area (Å²) in [4.78, 5) is 11.3. The summed E-state index contributed by atoms with van der Waals surface area (Å²) in [6, 6.07) is 23.7. The summed E-state index contributed by atoms with van der Waals surface area (Å²) in [5.74, 6) is -0.258. The highest BCUT2D eigenvalue weighted by Crippen LogP contribution is 2.46. The van der Waals surface area contributed by atoms with Gasteiger partial charge in [0.1, 0.15) is 11.3 Å². The minimum Gasteiger partial charge on any atom is -0.493 e. The average Bonchev–Trinajstić information content (AvgIpc) is 2.96. The van der Waals surface area contributed by atoms with Crippen LogP contribution in [0.4, 0.5) is 0 Å². The van der Waals surface area contributed by atoms with Gasteiger partial charge in [-0.25, -0.2) is 4.79 Å². The highest BCUT2D eigenvalue weighted by Gasteiger charge is 2.27. The van der Waals surface area contributed by atoms with E-state index in [0.29, 0.717) is 12.4 Å². The van der Waals surface area contributed by atoms with Crippen molar-refractivity contribution in [2.75, 3.05) is 6.61 Å². The van der Waals surface area contributed by atoms with Crippen molar-refractivity contribution in [3.8, 4) is 16.9 Å². The van der Waals surface area contributed by atoms with Gasteiger partial charge in [0, 0.05) is 5.92 Å². The molecule has 0 saturated heterocycles. The fourth-order valence-electron chi connectivity index (χ4n) is 3.63. The Balaban J connectivity index is 1.55. The molecule has 0 spiro atoms. The molecular formula is C22H18O3. The predicted molar refractivity (Wildman–Crippen MR) is 97.2 cm³/mol. The number of carboxylic acid groups (broad SMARTS) is 1. The van der Waals surface area contributed by atoms with Crippen molar-refractivity contribution >= 4 is 5.97 Å². The van der Waals surface area contributed by atoms with Crippen molar-refractivity contribution in [2.45, 2.75) is 12.3 Å². The first-order valence-electron chi connectivity index (χ1n) is 8.39. The number of hydrogen-bond donors (Lipinski definition) is 1. The molecule has 124 valence electrons. The van der Waals surface area contributed by atoms with Gasteiger partial charge >= 0.3 is 5.97 Å². The Bertz CT molecular complexity index is 884. The van der Waals surface area contributed by atoms with Gasteiger partial charge in [-0.1, -0.05) is 60.7 Å². The number of carbonyl (C=O) groups is 1. The average molecular weight is 330 g/mol. The third-order valence-corrected chi connectivity index (χ3v) is 4.74. The second-order valence-corrected chi connectivity index (χ2v) is 6.17. The summed E-state index contributed by atoms with van der Waals surface area (Å²) in [6.07, 6.45) is 0.808. The van der Waals surface area contributed by atoms with Gasteiger partial charge in [0.2, 0.25) is 0 Å². The fourth-order valence-corrected chi connectivity index (χ4v) is 3.63. The van der Waals surface area contributed by atoms with Gasteiger partial charge < -0.3 is 9.84 Å². The standard InChI is InChI=1S/C22H18O3/c23-22(24)20-11-5-6-12-21(20)25-14-13-19-17-9-3-1-7-15(17)16-8-2-4-10-18(16)19/h1-12,19H,13-14H2,(H,23,24). The van der Waals surface area contributed by atoms with Gasteiger partial charge in [-0.15, -0.1) is 0 Å². The molecule has 0 bridgehead atoms. The third-order valence-electron chi connectivity index (χ3n) is 4.74. The van der Waals surface area contributed by atoms with Crippen LogP contribution in [0.2, 0.25) is 0 Å². The van der Waals surface area contributed by atoms with Gasteiger partial charge in [-0.05, 0) is 40.8 Å². The molecule has 0 fully saturated rings. The van der Waals surface area contributed by atoms with Gasteiger partial charge in [0.25, 0.3) is 0 Å². The predicted octanol–water partition coefficient (Wildman–Crippen LogP) is 4.97. The van der Waals surface area contributed by atoms with Gasteiger partial charge in [-0.2, -0.15) is 0 Å². The number of para-hydroxylation sites is 1. The SMILES string of the molecule is O=C(O)c1ccccc1OCCC1c2ccccc2-c2ccccc21. The number of fused-ring (bicyclic) bond motifs is 3. The van der Waals surface area contributed by atoms with Crippen LogP contribution in [0.5, 0.6) is 5.75 Å². The molecule has 1 aliphatic carbocycles. The Labute approximate surface area is 146 Å². The second kappa shape index (κ2) is 6.44. The first-order valence-corrected chi connectivity index (χ1v) is 8.39. The zero-order valence-corrected chi connectivity index (χ0v) is 13.7. The van der Waals surface area contributed by atoms with Crippen LogP contribution < -0.4 is 4.74 Å². The first-order chi connectivity index (χ1) is 12.3.